The lowest BCUT2D eigenvalue weighted by atomic mass is 10.1. The fourth-order valence-corrected chi connectivity index (χ4v) is 3.61. The highest BCUT2D eigenvalue weighted by atomic mass is 79.9. The molecule has 3 aromatic carbocycles. The van der Waals surface area contributed by atoms with Crippen molar-refractivity contribution in [1.82, 2.24) is 4.57 Å². The summed E-state index contributed by atoms with van der Waals surface area (Å²) in [6, 6.07) is 21.8. The molecule has 0 radical (unpaired) electrons. The predicted octanol–water partition coefficient (Wildman–Crippen LogP) is 6.16. The molecular formula is C20H16BrN. The average molecular weight is 350 g/mol. The first-order valence-electron chi connectivity index (χ1n) is 7.41. The molecule has 0 fully saturated rings. The Morgan fingerprint density at radius 1 is 0.727 bits per heavy atom. The Bertz CT molecular complexity index is 952. The van der Waals surface area contributed by atoms with Gasteiger partial charge in [-0.3, -0.25) is 0 Å². The summed E-state index contributed by atoms with van der Waals surface area (Å²) in [7, 11) is 0. The first kappa shape index (κ1) is 13.6. The number of fused-ring (bicyclic) bond motifs is 3. The first-order valence-corrected chi connectivity index (χ1v) is 8.21. The van der Waals surface area contributed by atoms with E-state index in [4.69, 9.17) is 0 Å². The minimum atomic E-state index is 1.11. The van der Waals surface area contributed by atoms with E-state index >= 15 is 0 Å². The third-order valence-corrected chi connectivity index (χ3v) is 4.84. The third-order valence-electron chi connectivity index (χ3n) is 4.17. The molecule has 1 heterocycles. The van der Waals surface area contributed by atoms with Crippen LogP contribution in [0.15, 0.2) is 65.1 Å². The van der Waals surface area contributed by atoms with Crippen LogP contribution >= 0.6 is 15.9 Å². The van der Waals surface area contributed by atoms with Gasteiger partial charge >= 0.3 is 0 Å². The Morgan fingerprint density at radius 3 is 1.82 bits per heavy atom. The second-order valence-electron chi connectivity index (χ2n) is 5.83. The lowest BCUT2D eigenvalue weighted by Gasteiger charge is -2.10. The molecule has 108 valence electrons. The van der Waals surface area contributed by atoms with E-state index in [1.165, 1.54) is 38.6 Å². The summed E-state index contributed by atoms with van der Waals surface area (Å²) in [6.45, 7) is 4.30. The Balaban J connectivity index is 2.23. The van der Waals surface area contributed by atoms with Crippen LogP contribution in [0.25, 0.3) is 27.5 Å². The molecule has 0 aliphatic heterocycles. The van der Waals surface area contributed by atoms with Crippen LogP contribution in [0.1, 0.15) is 11.1 Å². The van der Waals surface area contributed by atoms with Crippen molar-refractivity contribution >= 4 is 37.7 Å². The van der Waals surface area contributed by atoms with Gasteiger partial charge in [0.15, 0.2) is 0 Å². The smallest absolute Gasteiger partial charge is 0.0604 e. The van der Waals surface area contributed by atoms with E-state index < -0.39 is 0 Å². The number of aryl methyl sites for hydroxylation is 2. The molecule has 1 nitrogen and oxygen atoms in total. The molecule has 0 amide bonds. The second-order valence-corrected chi connectivity index (χ2v) is 6.68. The quantitative estimate of drug-likeness (QED) is 0.387. The summed E-state index contributed by atoms with van der Waals surface area (Å²) in [4.78, 5) is 0. The van der Waals surface area contributed by atoms with E-state index in [-0.39, 0.29) is 0 Å². The van der Waals surface area contributed by atoms with Crippen LogP contribution < -0.4 is 0 Å². The van der Waals surface area contributed by atoms with Gasteiger partial charge in [0.2, 0.25) is 0 Å². The van der Waals surface area contributed by atoms with Crippen LogP contribution in [0.3, 0.4) is 0 Å². The van der Waals surface area contributed by atoms with Crippen LogP contribution in [0.2, 0.25) is 0 Å². The number of para-hydroxylation sites is 1. The first-order chi connectivity index (χ1) is 10.6. The number of aromatic nitrogens is 1. The van der Waals surface area contributed by atoms with Gasteiger partial charge in [-0.1, -0.05) is 35.4 Å². The maximum Gasteiger partial charge on any atom is 0.0604 e. The van der Waals surface area contributed by atoms with E-state index in [0.717, 1.165) is 4.47 Å². The summed E-state index contributed by atoms with van der Waals surface area (Å²) < 4.78 is 3.45. The van der Waals surface area contributed by atoms with Crippen molar-refractivity contribution in [3.8, 4) is 5.69 Å². The van der Waals surface area contributed by atoms with Gasteiger partial charge in [-0.05, 0) is 66.2 Å². The van der Waals surface area contributed by atoms with Crippen molar-refractivity contribution in [2.45, 2.75) is 13.8 Å². The van der Waals surface area contributed by atoms with E-state index in [0.29, 0.717) is 0 Å². The molecule has 1 aromatic heterocycles. The van der Waals surface area contributed by atoms with Gasteiger partial charge in [-0.25, -0.2) is 0 Å². The molecule has 0 N–H and O–H groups in total. The minimum Gasteiger partial charge on any atom is -0.308 e. The van der Waals surface area contributed by atoms with Gasteiger partial charge < -0.3 is 4.57 Å². The van der Waals surface area contributed by atoms with Gasteiger partial charge in [0, 0.05) is 15.2 Å². The molecule has 0 bridgehead atoms. The molecule has 2 heteroatoms. The predicted molar refractivity (Wildman–Crippen MR) is 98.0 cm³/mol. The monoisotopic (exact) mass is 349 g/mol. The highest BCUT2D eigenvalue weighted by Crippen LogP contribution is 2.35. The molecule has 0 saturated carbocycles. The summed E-state index contributed by atoms with van der Waals surface area (Å²) in [5.74, 6) is 0. The minimum absolute atomic E-state index is 1.11. The molecule has 4 rings (SSSR count). The van der Waals surface area contributed by atoms with Crippen molar-refractivity contribution in [3.05, 3.63) is 76.3 Å². The van der Waals surface area contributed by atoms with Gasteiger partial charge in [-0.15, -0.1) is 0 Å². The molecular weight excluding hydrogens is 334 g/mol. The SMILES string of the molecule is Cc1ccc2c(c1)c1cc(C)ccc1n2-c1ccccc1Br. The summed E-state index contributed by atoms with van der Waals surface area (Å²) in [5, 5.41) is 2.63. The Kier molecular flexibility index (Phi) is 3.08. The van der Waals surface area contributed by atoms with Crippen LogP contribution in [-0.2, 0) is 0 Å². The van der Waals surface area contributed by atoms with Crippen LogP contribution in [-0.4, -0.2) is 4.57 Å². The van der Waals surface area contributed by atoms with Gasteiger partial charge in [-0.2, -0.15) is 0 Å². The standard InChI is InChI=1S/C20H16BrN/c1-13-7-9-18-15(11-13)16-12-14(2)8-10-19(16)22(18)20-6-4-3-5-17(20)21/h3-12H,1-2H3. The Labute approximate surface area is 138 Å². The van der Waals surface area contributed by atoms with E-state index in [1.54, 1.807) is 0 Å². The zero-order valence-electron chi connectivity index (χ0n) is 12.6. The van der Waals surface area contributed by atoms with Crippen LogP contribution in [0.4, 0.5) is 0 Å². The van der Waals surface area contributed by atoms with Crippen molar-refractivity contribution in [1.29, 1.82) is 0 Å². The van der Waals surface area contributed by atoms with E-state index in [9.17, 15) is 0 Å². The lowest BCUT2D eigenvalue weighted by molar-refractivity contribution is 1.17. The van der Waals surface area contributed by atoms with E-state index in [1.807, 2.05) is 0 Å². The fraction of sp³-hybridized carbons (Fsp3) is 0.100. The highest BCUT2D eigenvalue weighted by Gasteiger charge is 2.13. The maximum absolute atomic E-state index is 3.70. The lowest BCUT2D eigenvalue weighted by Crippen LogP contribution is -1.94. The van der Waals surface area contributed by atoms with Gasteiger partial charge in [0.25, 0.3) is 0 Å². The molecule has 22 heavy (non-hydrogen) atoms. The van der Waals surface area contributed by atoms with Crippen LogP contribution in [0, 0.1) is 13.8 Å². The molecule has 0 aliphatic rings. The van der Waals surface area contributed by atoms with Crippen molar-refractivity contribution in [2.75, 3.05) is 0 Å². The topological polar surface area (TPSA) is 4.93 Å². The molecule has 0 aliphatic carbocycles. The number of hydrogen-bond acceptors (Lipinski definition) is 0. The second kappa shape index (κ2) is 4.99. The van der Waals surface area contributed by atoms with Crippen LogP contribution in [0.5, 0.6) is 0 Å². The van der Waals surface area contributed by atoms with Gasteiger partial charge in [0.05, 0.1) is 16.7 Å². The largest absolute Gasteiger partial charge is 0.308 e. The summed E-state index contributed by atoms with van der Waals surface area (Å²) in [6.07, 6.45) is 0. The Hall–Kier alpha value is -2.06. The summed E-state index contributed by atoms with van der Waals surface area (Å²) in [5.41, 5.74) is 6.26. The van der Waals surface area contributed by atoms with Crippen molar-refractivity contribution in [3.63, 3.8) is 0 Å². The number of hydrogen-bond donors (Lipinski definition) is 0. The fourth-order valence-electron chi connectivity index (χ4n) is 3.14. The van der Waals surface area contributed by atoms with Crippen molar-refractivity contribution in [2.24, 2.45) is 0 Å². The third kappa shape index (κ3) is 1.98. The zero-order chi connectivity index (χ0) is 15.3. The Morgan fingerprint density at radius 2 is 1.27 bits per heavy atom. The normalized spacial score (nSPS) is 11.4. The van der Waals surface area contributed by atoms with Crippen molar-refractivity contribution < 1.29 is 0 Å². The average Bonchev–Trinajstić information content (AvgIpc) is 2.81. The number of benzene rings is 3. The van der Waals surface area contributed by atoms with Gasteiger partial charge in [0.1, 0.15) is 0 Å². The molecule has 0 unspecified atom stereocenters. The molecule has 0 atom stereocenters. The van der Waals surface area contributed by atoms with E-state index in [2.05, 4.69) is 95.0 Å². The number of halogens is 1. The maximum atomic E-state index is 3.70. The summed E-state index contributed by atoms with van der Waals surface area (Å²) >= 11 is 3.70. The number of nitrogens with zero attached hydrogens (tertiary/aromatic N) is 1. The molecule has 0 saturated heterocycles. The zero-order valence-corrected chi connectivity index (χ0v) is 14.2. The molecule has 0 spiro atoms. The molecule has 4 aromatic rings. The number of rotatable bonds is 1. The highest BCUT2D eigenvalue weighted by molar-refractivity contribution is 9.10.